The van der Waals surface area contributed by atoms with Crippen molar-refractivity contribution in [2.75, 3.05) is 0 Å². The predicted molar refractivity (Wildman–Crippen MR) is 74.0 cm³/mol. The molecule has 0 aromatic heterocycles. The van der Waals surface area contributed by atoms with Crippen LogP contribution in [-0.2, 0) is 15.1 Å². The molecule has 4 heteroatoms. The van der Waals surface area contributed by atoms with Crippen LogP contribution in [0.1, 0.15) is 38.2 Å². The lowest BCUT2D eigenvalue weighted by Gasteiger charge is -2.30. The highest BCUT2D eigenvalue weighted by atomic mass is 16.4. The number of amides is 1. The highest BCUT2D eigenvalue weighted by molar-refractivity contribution is 5.91. The maximum Gasteiger partial charge on any atom is 0.334 e. The number of carbonyl (C=O) groups is 2. The third kappa shape index (κ3) is 1.90. The summed E-state index contributed by atoms with van der Waals surface area (Å²) in [6.07, 6.45) is 3.48. The number of benzene rings is 1. The fraction of sp³-hybridized carbons (Fsp3) is 0.500. The van der Waals surface area contributed by atoms with E-state index >= 15 is 0 Å². The Kier molecular flexibility index (Phi) is 2.85. The Morgan fingerprint density at radius 1 is 1.35 bits per heavy atom. The van der Waals surface area contributed by atoms with E-state index in [1.165, 1.54) is 0 Å². The molecular formula is C16H19NO3. The van der Waals surface area contributed by atoms with Crippen LogP contribution in [0.3, 0.4) is 0 Å². The summed E-state index contributed by atoms with van der Waals surface area (Å²) in [5.41, 5.74) is -0.440. The van der Waals surface area contributed by atoms with E-state index in [4.69, 9.17) is 0 Å². The Balaban J connectivity index is 1.86. The zero-order chi connectivity index (χ0) is 14.4. The number of aliphatic carboxylic acids is 1. The lowest BCUT2D eigenvalue weighted by atomic mass is 9.87. The first-order valence-electron chi connectivity index (χ1n) is 7.15. The second-order valence-electron chi connectivity index (χ2n) is 6.04. The van der Waals surface area contributed by atoms with Gasteiger partial charge in [-0.2, -0.15) is 0 Å². The Labute approximate surface area is 118 Å². The molecule has 3 rings (SSSR count). The summed E-state index contributed by atoms with van der Waals surface area (Å²) in [5.74, 6) is -1.07. The predicted octanol–water partition coefficient (Wildman–Crippen LogP) is 2.29. The van der Waals surface area contributed by atoms with E-state index in [0.29, 0.717) is 12.0 Å². The van der Waals surface area contributed by atoms with E-state index in [2.05, 4.69) is 5.32 Å². The van der Waals surface area contributed by atoms with Gasteiger partial charge in [0.2, 0.25) is 5.91 Å². The van der Waals surface area contributed by atoms with Gasteiger partial charge in [0.25, 0.3) is 0 Å². The smallest absolute Gasteiger partial charge is 0.334 e. The molecule has 0 saturated heterocycles. The normalized spacial score (nSPS) is 24.8. The lowest BCUT2D eigenvalue weighted by Crippen LogP contribution is -2.52. The number of nitrogens with one attached hydrogen (secondary N) is 1. The summed E-state index contributed by atoms with van der Waals surface area (Å²) in [5, 5.41) is 12.5. The summed E-state index contributed by atoms with van der Waals surface area (Å²) in [4.78, 5) is 24.1. The molecule has 2 unspecified atom stereocenters. The van der Waals surface area contributed by atoms with Crippen molar-refractivity contribution in [1.82, 2.24) is 5.32 Å². The first-order valence-corrected chi connectivity index (χ1v) is 7.15. The minimum atomic E-state index is -1.31. The zero-order valence-corrected chi connectivity index (χ0v) is 11.6. The molecule has 2 aliphatic carbocycles. The first-order chi connectivity index (χ1) is 9.54. The average molecular weight is 273 g/mol. The van der Waals surface area contributed by atoms with Crippen LogP contribution in [0.5, 0.6) is 0 Å². The Morgan fingerprint density at radius 2 is 2.00 bits per heavy atom. The molecule has 2 atom stereocenters. The fourth-order valence-corrected chi connectivity index (χ4v) is 3.14. The van der Waals surface area contributed by atoms with Crippen molar-refractivity contribution in [3.63, 3.8) is 0 Å². The first kappa shape index (κ1) is 13.2. The van der Waals surface area contributed by atoms with Crippen LogP contribution < -0.4 is 5.32 Å². The van der Waals surface area contributed by atoms with Crippen LogP contribution in [-0.4, -0.2) is 17.0 Å². The molecule has 2 N–H and O–H groups in total. The Morgan fingerprint density at radius 3 is 2.45 bits per heavy atom. The molecule has 0 bridgehead atoms. The van der Waals surface area contributed by atoms with Crippen LogP contribution in [0.2, 0.25) is 0 Å². The van der Waals surface area contributed by atoms with Crippen molar-refractivity contribution in [2.45, 2.75) is 38.1 Å². The van der Waals surface area contributed by atoms with E-state index in [9.17, 15) is 14.7 Å². The second-order valence-corrected chi connectivity index (χ2v) is 6.04. The molecule has 1 amide bonds. The quantitative estimate of drug-likeness (QED) is 0.865. The number of carboxylic acids is 1. The largest absolute Gasteiger partial charge is 0.479 e. The van der Waals surface area contributed by atoms with Crippen LogP contribution in [0.4, 0.5) is 0 Å². The van der Waals surface area contributed by atoms with E-state index in [0.717, 1.165) is 19.3 Å². The van der Waals surface area contributed by atoms with Crippen LogP contribution in [0.25, 0.3) is 0 Å². The minimum absolute atomic E-state index is 0.0245. The molecule has 1 spiro atoms. The van der Waals surface area contributed by atoms with Gasteiger partial charge >= 0.3 is 5.97 Å². The van der Waals surface area contributed by atoms with Gasteiger partial charge in [-0.15, -0.1) is 0 Å². The van der Waals surface area contributed by atoms with Crippen molar-refractivity contribution >= 4 is 11.9 Å². The number of hydrogen-bond acceptors (Lipinski definition) is 2. The molecule has 106 valence electrons. The number of carbonyl (C=O) groups excluding carboxylic acids is 1. The summed E-state index contributed by atoms with van der Waals surface area (Å²) in [6.45, 7) is 1.79. The summed E-state index contributed by atoms with van der Waals surface area (Å²) in [7, 11) is 0. The Bertz CT molecular complexity index is 550. The van der Waals surface area contributed by atoms with E-state index in [1.54, 1.807) is 31.2 Å². The van der Waals surface area contributed by atoms with Crippen molar-refractivity contribution < 1.29 is 14.7 Å². The van der Waals surface area contributed by atoms with Gasteiger partial charge < -0.3 is 10.4 Å². The maximum atomic E-state index is 12.3. The van der Waals surface area contributed by atoms with Crippen LogP contribution in [0.15, 0.2) is 30.3 Å². The van der Waals surface area contributed by atoms with Crippen molar-refractivity contribution in [1.29, 1.82) is 0 Å². The third-order valence-electron chi connectivity index (χ3n) is 4.90. The van der Waals surface area contributed by atoms with Gasteiger partial charge in [0.1, 0.15) is 0 Å². The molecule has 1 aromatic rings. The topological polar surface area (TPSA) is 66.4 Å². The highest BCUT2D eigenvalue weighted by Crippen LogP contribution is 2.70. The highest BCUT2D eigenvalue weighted by Gasteiger charge is 2.66. The summed E-state index contributed by atoms with van der Waals surface area (Å²) in [6, 6.07) is 8.96. The van der Waals surface area contributed by atoms with Gasteiger partial charge in [-0.25, -0.2) is 4.79 Å². The van der Waals surface area contributed by atoms with Gasteiger partial charge in [0.15, 0.2) is 5.54 Å². The molecule has 0 aliphatic heterocycles. The fourth-order valence-electron chi connectivity index (χ4n) is 3.14. The van der Waals surface area contributed by atoms with Gasteiger partial charge in [-0.3, -0.25) is 4.79 Å². The molecule has 20 heavy (non-hydrogen) atoms. The zero-order valence-electron chi connectivity index (χ0n) is 11.6. The molecule has 2 saturated carbocycles. The van der Waals surface area contributed by atoms with Crippen molar-refractivity contribution in [3.05, 3.63) is 35.9 Å². The molecule has 0 radical (unpaired) electrons. The SMILES string of the molecule is CCC(NC(=O)C1CC12CC2)(C(=O)O)c1ccccc1. The number of carboxylic acid groups (broad SMARTS) is 1. The molecule has 2 aliphatic rings. The third-order valence-corrected chi connectivity index (χ3v) is 4.90. The number of rotatable bonds is 5. The second kappa shape index (κ2) is 4.33. The maximum absolute atomic E-state index is 12.3. The standard InChI is InChI=1S/C16H19NO3/c1-2-16(14(19)20,11-6-4-3-5-7-11)17-13(18)12-10-15(12)8-9-15/h3-7,12H,2,8-10H2,1H3,(H,17,18)(H,19,20). The van der Waals surface area contributed by atoms with Gasteiger partial charge in [-0.1, -0.05) is 37.3 Å². The van der Waals surface area contributed by atoms with E-state index in [-0.39, 0.29) is 17.2 Å². The van der Waals surface area contributed by atoms with Gasteiger partial charge in [0.05, 0.1) is 0 Å². The summed E-state index contributed by atoms with van der Waals surface area (Å²) >= 11 is 0. The average Bonchev–Trinajstić information content (AvgIpc) is 3.37. The molecular weight excluding hydrogens is 254 g/mol. The molecule has 1 aromatic carbocycles. The lowest BCUT2D eigenvalue weighted by molar-refractivity contribution is -0.148. The Hall–Kier alpha value is -1.84. The molecule has 2 fully saturated rings. The minimum Gasteiger partial charge on any atom is -0.479 e. The molecule has 0 heterocycles. The summed E-state index contributed by atoms with van der Waals surface area (Å²) < 4.78 is 0. The van der Waals surface area contributed by atoms with E-state index in [1.807, 2.05) is 6.07 Å². The monoisotopic (exact) mass is 273 g/mol. The van der Waals surface area contributed by atoms with E-state index < -0.39 is 11.5 Å². The van der Waals surface area contributed by atoms with Crippen LogP contribution in [0, 0.1) is 11.3 Å². The van der Waals surface area contributed by atoms with Gasteiger partial charge in [-0.05, 0) is 36.7 Å². The molecule has 4 nitrogen and oxygen atoms in total. The van der Waals surface area contributed by atoms with Crippen molar-refractivity contribution in [3.8, 4) is 0 Å². The van der Waals surface area contributed by atoms with Crippen molar-refractivity contribution in [2.24, 2.45) is 11.3 Å². The number of hydrogen-bond donors (Lipinski definition) is 2. The van der Waals surface area contributed by atoms with Crippen LogP contribution >= 0.6 is 0 Å². The van der Waals surface area contributed by atoms with Gasteiger partial charge in [0, 0.05) is 5.92 Å².